The minimum Gasteiger partial charge on any atom is -0.491 e. The quantitative estimate of drug-likeness (QED) is 0.361. The summed E-state index contributed by atoms with van der Waals surface area (Å²) in [4.78, 5) is 4.51. The van der Waals surface area contributed by atoms with Crippen molar-refractivity contribution in [2.24, 2.45) is 4.99 Å². The number of guanidine groups is 1. The molecule has 0 spiro atoms. The minimum absolute atomic E-state index is 0.0698. The van der Waals surface area contributed by atoms with Crippen molar-refractivity contribution in [3.05, 3.63) is 29.3 Å². The first-order chi connectivity index (χ1) is 10.7. The van der Waals surface area contributed by atoms with Gasteiger partial charge in [0, 0.05) is 25.8 Å². The molecule has 0 amide bonds. The van der Waals surface area contributed by atoms with E-state index in [0.717, 1.165) is 23.4 Å². The fourth-order valence-electron chi connectivity index (χ4n) is 1.84. The Kier molecular flexibility index (Phi) is 9.02. The number of aliphatic hydroxyl groups is 1. The summed E-state index contributed by atoms with van der Waals surface area (Å²) in [6.45, 7) is 6.91. The lowest BCUT2D eigenvalue weighted by Gasteiger charge is -2.13. The van der Waals surface area contributed by atoms with Crippen LogP contribution in [-0.2, 0) is 11.3 Å². The largest absolute Gasteiger partial charge is 0.491 e. The highest BCUT2D eigenvalue weighted by Crippen LogP contribution is 2.21. The van der Waals surface area contributed by atoms with Gasteiger partial charge in [-0.1, -0.05) is 12.1 Å². The number of rotatable bonds is 9. The molecule has 0 atom stereocenters. The van der Waals surface area contributed by atoms with Crippen molar-refractivity contribution >= 4 is 5.96 Å². The molecule has 0 aliphatic carbocycles. The van der Waals surface area contributed by atoms with Gasteiger partial charge in [0.05, 0.1) is 19.8 Å². The van der Waals surface area contributed by atoms with Gasteiger partial charge in [-0.05, 0) is 25.5 Å². The first-order valence-corrected chi connectivity index (χ1v) is 7.55. The van der Waals surface area contributed by atoms with Crippen LogP contribution in [0.5, 0.6) is 5.75 Å². The van der Waals surface area contributed by atoms with E-state index in [-0.39, 0.29) is 6.61 Å². The molecular weight excluding hydrogens is 282 g/mol. The predicted octanol–water partition coefficient (Wildman–Crippen LogP) is 1.07. The van der Waals surface area contributed by atoms with Crippen LogP contribution in [0.1, 0.15) is 18.1 Å². The lowest BCUT2D eigenvalue weighted by molar-refractivity contribution is 0.145. The van der Waals surface area contributed by atoms with Crippen LogP contribution in [0.4, 0.5) is 0 Å². The number of aliphatic imine (C=N–C) groups is 1. The van der Waals surface area contributed by atoms with Crippen molar-refractivity contribution in [3.8, 4) is 5.75 Å². The molecular formula is C16H27N3O3. The summed E-state index contributed by atoms with van der Waals surface area (Å²) in [5, 5.41) is 15.1. The van der Waals surface area contributed by atoms with Gasteiger partial charge in [-0.15, -0.1) is 0 Å². The molecule has 0 bridgehead atoms. The van der Waals surface area contributed by atoms with E-state index in [9.17, 15) is 0 Å². The number of nitrogens with one attached hydrogen (secondary N) is 2. The van der Waals surface area contributed by atoms with Crippen molar-refractivity contribution < 1.29 is 14.6 Å². The van der Waals surface area contributed by atoms with E-state index in [1.807, 2.05) is 32.0 Å². The summed E-state index contributed by atoms with van der Waals surface area (Å²) in [6, 6.07) is 6.08. The van der Waals surface area contributed by atoms with Gasteiger partial charge in [0.15, 0.2) is 5.96 Å². The molecule has 0 fully saturated rings. The molecule has 6 nitrogen and oxygen atoms in total. The summed E-state index contributed by atoms with van der Waals surface area (Å²) in [7, 11) is 1.65. The molecule has 0 aliphatic rings. The molecule has 1 aromatic rings. The highest BCUT2D eigenvalue weighted by atomic mass is 16.5. The molecule has 0 heterocycles. The van der Waals surface area contributed by atoms with Crippen molar-refractivity contribution in [3.63, 3.8) is 0 Å². The molecule has 0 saturated carbocycles. The Morgan fingerprint density at radius 2 is 2.09 bits per heavy atom. The third-order valence-electron chi connectivity index (χ3n) is 2.92. The standard InChI is InChI=1S/C16H27N3O3/c1-4-17-16(18-7-8-20)19-12-14-6-5-13(2)11-15(14)22-10-9-21-3/h5-6,11,20H,4,7-10,12H2,1-3H3,(H2,17,18,19). The molecule has 0 radical (unpaired) electrons. The number of methoxy groups -OCH3 is 1. The Morgan fingerprint density at radius 1 is 1.27 bits per heavy atom. The second-order valence-corrected chi connectivity index (χ2v) is 4.80. The maximum atomic E-state index is 8.89. The molecule has 124 valence electrons. The topological polar surface area (TPSA) is 75.1 Å². The van der Waals surface area contributed by atoms with Gasteiger partial charge in [0.25, 0.3) is 0 Å². The van der Waals surface area contributed by atoms with E-state index in [0.29, 0.717) is 32.3 Å². The summed E-state index contributed by atoms with van der Waals surface area (Å²) in [5.74, 6) is 1.51. The Balaban J connectivity index is 2.76. The average molecular weight is 309 g/mol. The summed E-state index contributed by atoms with van der Waals surface area (Å²) in [5.41, 5.74) is 2.16. The lowest BCUT2D eigenvalue weighted by atomic mass is 10.1. The second kappa shape index (κ2) is 10.9. The first-order valence-electron chi connectivity index (χ1n) is 7.55. The van der Waals surface area contributed by atoms with Crippen LogP contribution in [0.25, 0.3) is 0 Å². The zero-order chi connectivity index (χ0) is 16.2. The molecule has 6 heteroatoms. The van der Waals surface area contributed by atoms with E-state index >= 15 is 0 Å². The number of aryl methyl sites for hydroxylation is 1. The van der Waals surface area contributed by atoms with E-state index < -0.39 is 0 Å². The van der Waals surface area contributed by atoms with E-state index in [1.165, 1.54) is 0 Å². The maximum Gasteiger partial charge on any atom is 0.191 e. The number of nitrogens with zero attached hydrogens (tertiary/aromatic N) is 1. The maximum absolute atomic E-state index is 8.89. The zero-order valence-corrected chi connectivity index (χ0v) is 13.7. The Morgan fingerprint density at radius 3 is 2.77 bits per heavy atom. The molecule has 22 heavy (non-hydrogen) atoms. The van der Waals surface area contributed by atoms with E-state index in [1.54, 1.807) is 7.11 Å². The molecule has 1 rings (SSSR count). The number of aliphatic hydroxyl groups excluding tert-OH is 1. The van der Waals surface area contributed by atoms with Crippen molar-refractivity contribution in [2.75, 3.05) is 40.0 Å². The Labute approximate surface area is 132 Å². The molecule has 0 unspecified atom stereocenters. The van der Waals surface area contributed by atoms with Crippen LogP contribution >= 0.6 is 0 Å². The van der Waals surface area contributed by atoms with Crippen LogP contribution in [0, 0.1) is 6.92 Å². The smallest absolute Gasteiger partial charge is 0.191 e. The number of benzene rings is 1. The van der Waals surface area contributed by atoms with Crippen molar-refractivity contribution in [1.82, 2.24) is 10.6 Å². The summed E-state index contributed by atoms with van der Waals surface area (Å²) < 4.78 is 10.8. The first kappa shape index (κ1) is 18.3. The van der Waals surface area contributed by atoms with Crippen LogP contribution in [0.2, 0.25) is 0 Å². The average Bonchev–Trinajstić information content (AvgIpc) is 2.51. The number of ether oxygens (including phenoxy) is 2. The minimum atomic E-state index is 0.0698. The second-order valence-electron chi connectivity index (χ2n) is 4.80. The highest BCUT2D eigenvalue weighted by Gasteiger charge is 2.05. The van der Waals surface area contributed by atoms with Gasteiger partial charge >= 0.3 is 0 Å². The van der Waals surface area contributed by atoms with Crippen LogP contribution in [0.15, 0.2) is 23.2 Å². The highest BCUT2D eigenvalue weighted by molar-refractivity contribution is 5.79. The van der Waals surface area contributed by atoms with Crippen LogP contribution < -0.4 is 15.4 Å². The number of hydrogen-bond acceptors (Lipinski definition) is 4. The zero-order valence-electron chi connectivity index (χ0n) is 13.7. The molecule has 0 aliphatic heterocycles. The monoisotopic (exact) mass is 309 g/mol. The van der Waals surface area contributed by atoms with Crippen molar-refractivity contribution in [1.29, 1.82) is 0 Å². The van der Waals surface area contributed by atoms with Gasteiger partial charge in [0.1, 0.15) is 12.4 Å². The van der Waals surface area contributed by atoms with Crippen LogP contribution in [-0.4, -0.2) is 51.1 Å². The fraction of sp³-hybridized carbons (Fsp3) is 0.562. The SMILES string of the molecule is CCNC(=NCc1ccc(C)cc1OCCOC)NCCO. The fourth-order valence-corrected chi connectivity index (χ4v) is 1.84. The number of hydrogen-bond donors (Lipinski definition) is 3. The summed E-state index contributed by atoms with van der Waals surface area (Å²) >= 11 is 0. The predicted molar refractivity (Wildman–Crippen MR) is 88.5 cm³/mol. The van der Waals surface area contributed by atoms with E-state index in [2.05, 4.69) is 15.6 Å². The van der Waals surface area contributed by atoms with Gasteiger partial charge in [-0.25, -0.2) is 4.99 Å². The summed E-state index contributed by atoms with van der Waals surface area (Å²) in [6.07, 6.45) is 0. The lowest BCUT2D eigenvalue weighted by Crippen LogP contribution is -2.38. The van der Waals surface area contributed by atoms with Crippen LogP contribution in [0.3, 0.4) is 0 Å². The third kappa shape index (κ3) is 6.78. The van der Waals surface area contributed by atoms with Gasteiger partial charge in [-0.3, -0.25) is 0 Å². The third-order valence-corrected chi connectivity index (χ3v) is 2.92. The van der Waals surface area contributed by atoms with Gasteiger partial charge in [-0.2, -0.15) is 0 Å². The van der Waals surface area contributed by atoms with E-state index in [4.69, 9.17) is 14.6 Å². The Bertz CT molecular complexity index is 464. The van der Waals surface area contributed by atoms with Crippen molar-refractivity contribution in [2.45, 2.75) is 20.4 Å². The van der Waals surface area contributed by atoms with Gasteiger partial charge < -0.3 is 25.2 Å². The molecule has 3 N–H and O–H groups in total. The normalized spacial score (nSPS) is 11.4. The molecule has 1 aromatic carbocycles. The Hall–Kier alpha value is -1.79. The molecule has 0 aromatic heterocycles. The van der Waals surface area contributed by atoms with Gasteiger partial charge in [0.2, 0.25) is 0 Å². The molecule has 0 saturated heterocycles.